The van der Waals surface area contributed by atoms with Crippen LogP contribution >= 0.6 is 12.2 Å². The van der Waals surface area contributed by atoms with Crippen LogP contribution in [0.25, 0.3) is 0 Å². The highest BCUT2D eigenvalue weighted by molar-refractivity contribution is 7.80. The third-order valence-electron chi connectivity index (χ3n) is 3.85. The summed E-state index contributed by atoms with van der Waals surface area (Å²) in [7, 11) is 0. The number of nitrogens with zero attached hydrogens (tertiary/aromatic N) is 1. The Bertz CT molecular complexity index is 579. The van der Waals surface area contributed by atoms with Gasteiger partial charge in [-0.1, -0.05) is 36.8 Å². The first-order valence-electron chi connectivity index (χ1n) is 7.78. The molecule has 1 aromatic carbocycles. The highest BCUT2D eigenvalue weighted by Crippen LogP contribution is 2.21. The van der Waals surface area contributed by atoms with Crippen LogP contribution in [0.5, 0.6) is 0 Å². The standard InChI is InChI=1S/C16H23N3O4S/c1-3-11-12(20)13(21)14(22)15(23-11)18-16(24)19-17-8-10-6-4-9(2)5-7-10/h4-8,11-15,20-22H,3H2,1-2H3,(H2,18,19,24)/b17-8+/t11-,12-,13+,14-,15-/m1/s1. The normalized spacial score (nSPS) is 30.3. The number of nitrogens with one attached hydrogen (secondary N) is 2. The molecule has 1 aromatic rings. The van der Waals surface area contributed by atoms with Crippen LogP contribution in [0, 0.1) is 6.92 Å². The van der Waals surface area contributed by atoms with E-state index in [1.165, 1.54) is 0 Å². The van der Waals surface area contributed by atoms with E-state index in [9.17, 15) is 15.3 Å². The molecule has 2 rings (SSSR count). The quantitative estimate of drug-likeness (QED) is 0.295. The van der Waals surface area contributed by atoms with Crippen LogP contribution < -0.4 is 10.7 Å². The molecular formula is C16H23N3O4S. The van der Waals surface area contributed by atoms with Crippen molar-refractivity contribution in [1.82, 2.24) is 10.7 Å². The summed E-state index contributed by atoms with van der Waals surface area (Å²) < 4.78 is 5.53. The SMILES string of the molecule is CC[C@H]1O[C@@H](NC(=S)N/N=C/c2ccc(C)cc2)[C@H](O)[C@@H](O)[C@@H]1O. The predicted octanol–water partition coefficient (Wildman–Crippen LogP) is 0.0106. The van der Waals surface area contributed by atoms with Crippen LogP contribution in [0.1, 0.15) is 24.5 Å². The maximum Gasteiger partial charge on any atom is 0.189 e. The van der Waals surface area contributed by atoms with Crippen LogP contribution in [-0.2, 0) is 4.74 Å². The smallest absolute Gasteiger partial charge is 0.189 e. The summed E-state index contributed by atoms with van der Waals surface area (Å²) >= 11 is 5.10. The molecule has 0 aromatic heterocycles. The van der Waals surface area contributed by atoms with E-state index in [0.29, 0.717) is 6.42 Å². The van der Waals surface area contributed by atoms with Crippen molar-refractivity contribution in [3.05, 3.63) is 35.4 Å². The Kier molecular flexibility index (Phi) is 6.64. The molecule has 5 N–H and O–H groups in total. The van der Waals surface area contributed by atoms with Gasteiger partial charge in [0.2, 0.25) is 0 Å². The average molecular weight is 353 g/mol. The highest BCUT2D eigenvalue weighted by atomic mass is 32.1. The number of benzene rings is 1. The van der Waals surface area contributed by atoms with Gasteiger partial charge in [0.25, 0.3) is 0 Å². The van der Waals surface area contributed by atoms with E-state index in [1.807, 2.05) is 38.1 Å². The molecule has 1 aliphatic rings. The summed E-state index contributed by atoms with van der Waals surface area (Å²) in [6.45, 7) is 3.82. The molecular weight excluding hydrogens is 330 g/mol. The second kappa shape index (κ2) is 8.50. The van der Waals surface area contributed by atoms with Crippen molar-refractivity contribution in [2.45, 2.75) is 50.9 Å². The van der Waals surface area contributed by atoms with E-state index in [1.54, 1.807) is 6.21 Å². The monoisotopic (exact) mass is 353 g/mol. The predicted molar refractivity (Wildman–Crippen MR) is 94.6 cm³/mol. The Balaban J connectivity index is 1.88. The maximum atomic E-state index is 9.98. The van der Waals surface area contributed by atoms with Crippen molar-refractivity contribution in [1.29, 1.82) is 0 Å². The van der Waals surface area contributed by atoms with Crippen molar-refractivity contribution in [3.63, 3.8) is 0 Å². The van der Waals surface area contributed by atoms with Crippen LogP contribution in [0.4, 0.5) is 0 Å². The topological polar surface area (TPSA) is 106 Å². The van der Waals surface area contributed by atoms with Gasteiger partial charge in [0, 0.05) is 0 Å². The number of hydrazone groups is 1. The first-order valence-corrected chi connectivity index (χ1v) is 8.19. The fourth-order valence-electron chi connectivity index (χ4n) is 2.39. The third-order valence-corrected chi connectivity index (χ3v) is 4.05. The second-order valence-corrected chi connectivity index (χ2v) is 6.14. The molecule has 7 nitrogen and oxygen atoms in total. The molecule has 5 atom stereocenters. The van der Waals surface area contributed by atoms with E-state index in [-0.39, 0.29) is 5.11 Å². The van der Waals surface area contributed by atoms with Gasteiger partial charge in [-0.05, 0) is 31.1 Å². The molecule has 1 heterocycles. The molecule has 1 saturated heterocycles. The Morgan fingerprint density at radius 1 is 1.21 bits per heavy atom. The number of aliphatic hydroxyl groups excluding tert-OH is 3. The fraction of sp³-hybridized carbons (Fsp3) is 0.500. The summed E-state index contributed by atoms with van der Waals surface area (Å²) in [6.07, 6.45) is -3.15. The minimum atomic E-state index is -1.31. The first kappa shape index (κ1) is 18.8. The van der Waals surface area contributed by atoms with Gasteiger partial charge in [0.15, 0.2) is 11.3 Å². The number of thiocarbonyl (C=S) groups is 1. The number of ether oxygens (including phenoxy) is 1. The lowest BCUT2D eigenvalue weighted by atomic mass is 9.96. The molecule has 132 valence electrons. The Labute approximate surface area is 146 Å². The number of hydrogen-bond acceptors (Lipinski definition) is 6. The Morgan fingerprint density at radius 2 is 1.88 bits per heavy atom. The van der Waals surface area contributed by atoms with Gasteiger partial charge in [-0.15, -0.1) is 0 Å². The van der Waals surface area contributed by atoms with Crippen molar-refractivity contribution in [2.75, 3.05) is 0 Å². The lowest BCUT2D eigenvalue weighted by Crippen LogP contribution is -2.62. The minimum absolute atomic E-state index is 0.140. The lowest BCUT2D eigenvalue weighted by Gasteiger charge is -2.40. The minimum Gasteiger partial charge on any atom is -0.388 e. The van der Waals surface area contributed by atoms with E-state index in [0.717, 1.165) is 11.1 Å². The first-order chi connectivity index (χ1) is 11.4. The van der Waals surface area contributed by atoms with Gasteiger partial charge in [0.05, 0.1) is 12.3 Å². The molecule has 0 amide bonds. The Hall–Kier alpha value is -1.58. The largest absolute Gasteiger partial charge is 0.388 e. The van der Waals surface area contributed by atoms with Gasteiger partial charge in [-0.3, -0.25) is 5.43 Å². The van der Waals surface area contributed by atoms with E-state index >= 15 is 0 Å². The van der Waals surface area contributed by atoms with Gasteiger partial charge >= 0.3 is 0 Å². The van der Waals surface area contributed by atoms with Crippen LogP contribution in [0.2, 0.25) is 0 Å². The van der Waals surface area contributed by atoms with Gasteiger partial charge in [0.1, 0.15) is 18.3 Å². The molecule has 0 unspecified atom stereocenters. The molecule has 0 aliphatic carbocycles. The summed E-state index contributed by atoms with van der Waals surface area (Å²) in [6, 6.07) is 7.80. The number of aliphatic hydroxyl groups is 3. The Morgan fingerprint density at radius 3 is 2.50 bits per heavy atom. The van der Waals surface area contributed by atoms with Crippen molar-refractivity contribution >= 4 is 23.5 Å². The van der Waals surface area contributed by atoms with Crippen molar-refractivity contribution < 1.29 is 20.1 Å². The van der Waals surface area contributed by atoms with Gasteiger partial charge in [-0.25, -0.2) is 0 Å². The maximum absolute atomic E-state index is 9.98. The number of hydrogen-bond donors (Lipinski definition) is 5. The third kappa shape index (κ3) is 4.71. The molecule has 0 radical (unpaired) electrons. The zero-order chi connectivity index (χ0) is 17.7. The van der Waals surface area contributed by atoms with Gasteiger partial charge < -0.3 is 25.4 Å². The van der Waals surface area contributed by atoms with Crippen molar-refractivity contribution in [2.24, 2.45) is 5.10 Å². The second-order valence-electron chi connectivity index (χ2n) is 5.73. The fourth-order valence-corrected chi connectivity index (χ4v) is 2.56. The highest BCUT2D eigenvalue weighted by Gasteiger charge is 2.43. The van der Waals surface area contributed by atoms with Crippen molar-refractivity contribution in [3.8, 4) is 0 Å². The molecule has 1 fully saturated rings. The average Bonchev–Trinajstić information content (AvgIpc) is 2.57. The van der Waals surface area contributed by atoms with Crippen LogP contribution in [0.15, 0.2) is 29.4 Å². The van der Waals surface area contributed by atoms with Gasteiger partial charge in [-0.2, -0.15) is 5.10 Å². The summed E-state index contributed by atoms with van der Waals surface area (Å²) in [5.74, 6) is 0. The zero-order valence-electron chi connectivity index (χ0n) is 13.6. The van der Waals surface area contributed by atoms with Crippen LogP contribution in [-0.4, -0.2) is 57.3 Å². The molecule has 1 aliphatic heterocycles. The molecule has 24 heavy (non-hydrogen) atoms. The summed E-state index contributed by atoms with van der Waals surface area (Å²) in [5, 5.41) is 36.5. The molecule has 0 spiro atoms. The summed E-state index contributed by atoms with van der Waals surface area (Å²) in [5.41, 5.74) is 4.70. The zero-order valence-corrected chi connectivity index (χ0v) is 14.4. The molecule has 0 bridgehead atoms. The van der Waals surface area contributed by atoms with E-state index in [4.69, 9.17) is 17.0 Å². The number of aryl methyl sites for hydroxylation is 1. The lowest BCUT2D eigenvalue weighted by molar-refractivity contribution is -0.225. The number of rotatable bonds is 4. The van der Waals surface area contributed by atoms with E-state index in [2.05, 4.69) is 15.8 Å². The summed E-state index contributed by atoms with van der Waals surface area (Å²) in [4.78, 5) is 0. The van der Waals surface area contributed by atoms with E-state index < -0.39 is 30.6 Å². The molecule has 0 saturated carbocycles. The molecule has 8 heteroatoms. The van der Waals surface area contributed by atoms with Crippen LogP contribution in [0.3, 0.4) is 0 Å².